The highest BCUT2D eigenvalue weighted by Crippen LogP contribution is 2.36. The first kappa shape index (κ1) is 15.4. The molecule has 128 valence electrons. The first-order valence-electron chi connectivity index (χ1n) is 8.69. The smallest absolute Gasteiger partial charge is 0.269 e. The van der Waals surface area contributed by atoms with Gasteiger partial charge in [-0.2, -0.15) is 0 Å². The minimum Gasteiger partial charge on any atom is -0.386 e. The summed E-state index contributed by atoms with van der Waals surface area (Å²) >= 11 is 0. The van der Waals surface area contributed by atoms with E-state index in [1.807, 2.05) is 18.2 Å². The lowest BCUT2D eigenvalue weighted by Gasteiger charge is -2.22. The Kier molecular flexibility index (Phi) is 4.14. The monoisotopic (exact) mass is 329 g/mol. The van der Waals surface area contributed by atoms with E-state index in [4.69, 9.17) is 9.57 Å². The molecule has 3 aliphatic heterocycles. The van der Waals surface area contributed by atoms with Gasteiger partial charge in [0.1, 0.15) is 5.71 Å². The Labute approximate surface area is 141 Å². The molecular formula is C18H23N3O3. The molecule has 1 N–H and O–H groups in total. The predicted octanol–water partition coefficient (Wildman–Crippen LogP) is 1.71. The summed E-state index contributed by atoms with van der Waals surface area (Å²) in [5, 5.41) is 7.01. The van der Waals surface area contributed by atoms with Crippen molar-refractivity contribution in [3.05, 3.63) is 30.3 Å². The van der Waals surface area contributed by atoms with Crippen LogP contribution in [0.25, 0.3) is 0 Å². The zero-order valence-electron chi connectivity index (χ0n) is 13.7. The molecule has 0 radical (unpaired) electrons. The van der Waals surface area contributed by atoms with E-state index < -0.39 is 0 Å². The van der Waals surface area contributed by atoms with E-state index in [1.165, 1.54) is 5.69 Å². The van der Waals surface area contributed by atoms with Crippen molar-refractivity contribution in [2.75, 3.05) is 31.1 Å². The molecule has 0 aromatic heterocycles. The van der Waals surface area contributed by atoms with Crippen LogP contribution in [0.1, 0.15) is 25.7 Å². The topological polar surface area (TPSA) is 63.2 Å². The van der Waals surface area contributed by atoms with Crippen LogP contribution in [0.15, 0.2) is 35.5 Å². The molecule has 1 spiro atoms. The Balaban J connectivity index is 1.31. The minimum atomic E-state index is -0.355. The van der Waals surface area contributed by atoms with E-state index in [0.717, 1.165) is 39.0 Å². The fourth-order valence-electron chi connectivity index (χ4n) is 3.68. The number of oxime groups is 1. The molecule has 4 rings (SSSR count). The highest BCUT2D eigenvalue weighted by Gasteiger charge is 2.46. The Morgan fingerprint density at radius 3 is 3.04 bits per heavy atom. The van der Waals surface area contributed by atoms with Crippen molar-refractivity contribution < 1.29 is 14.4 Å². The fraction of sp³-hybridized carbons (Fsp3) is 0.556. The molecule has 2 saturated heterocycles. The molecule has 3 heterocycles. The molecule has 6 heteroatoms. The van der Waals surface area contributed by atoms with Gasteiger partial charge in [0.2, 0.25) is 0 Å². The van der Waals surface area contributed by atoms with Crippen LogP contribution >= 0.6 is 0 Å². The SMILES string of the molecule is O=C(NC[C@H]1CCCO1)C1=NO[C@]2(CCN(c3ccccc3)C2)C1. The summed E-state index contributed by atoms with van der Waals surface area (Å²) in [5.41, 5.74) is 1.34. The van der Waals surface area contributed by atoms with Gasteiger partial charge in [0, 0.05) is 38.2 Å². The summed E-state index contributed by atoms with van der Waals surface area (Å²) in [7, 11) is 0. The Bertz CT molecular complexity index is 628. The number of anilines is 1. The first-order chi connectivity index (χ1) is 11.7. The van der Waals surface area contributed by atoms with Gasteiger partial charge >= 0.3 is 0 Å². The van der Waals surface area contributed by atoms with Crippen LogP contribution in [0, 0.1) is 0 Å². The number of rotatable bonds is 4. The number of ether oxygens (including phenoxy) is 1. The third kappa shape index (κ3) is 3.11. The van der Waals surface area contributed by atoms with Gasteiger partial charge in [-0.15, -0.1) is 0 Å². The number of benzene rings is 1. The zero-order chi connectivity index (χ0) is 16.4. The van der Waals surface area contributed by atoms with Gasteiger partial charge < -0.3 is 19.8 Å². The molecule has 0 bridgehead atoms. The van der Waals surface area contributed by atoms with Crippen LogP contribution < -0.4 is 10.2 Å². The standard InChI is InChI=1S/C18H23N3O3/c22-17(19-12-15-7-4-10-23-15)16-11-18(24-20-16)8-9-21(13-18)14-5-2-1-3-6-14/h1-3,5-6,15H,4,7-13H2,(H,19,22)/t15-,18-/m1/s1. The van der Waals surface area contributed by atoms with E-state index in [2.05, 4.69) is 27.5 Å². The average molecular weight is 329 g/mol. The molecule has 0 saturated carbocycles. The second kappa shape index (κ2) is 6.43. The number of para-hydroxylation sites is 1. The van der Waals surface area contributed by atoms with Crippen molar-refractivity contribution in [3.63, 3.8) is 0 Å². The fourth-order valence-corrected chi connectivity index (χ4v) is 3.68. The van der Waals surface area contributed by atoms with E-state index >= 15 is 0 Å². The first-order valence-corrected chi connectivity index (χ1v) is 8.69. The lowest BCUT2D eigenvalue weighted by Crippen LogP contribution is -2.39. The molecule has 6 nitrogen and oxygen atoms in total. The molecule has 2 atom stereocenters. The number of hydrogen-bond acceptors (Lipinski definition) is 5. The van der Waals surface area contributed by atoms with Crippen molar-refractivity contribution in [3.8, 4) is 0 Å². The van der Waals surface area contributed by atoms with Gasteiger partial charge in [0.15, 0.2) is 5.60 Å². The molecule has 1 amide bonds. The normalized spacial score (nSPS) is 28.9. The Morgan fingerprint density at radius 1 is 1.38 bits per heavy atom. The van der Waals surface area contributed by atoms with Gasteiger partial charge in [-0.3, -0.25) is 4.79 Å². The highest BCUT2D eigenvalue weighted by atomic mass is 16.7. The van der Waals surface area contributed by atoms with E-state index in [0.29, 0.717) is 18.7 Å². The number of carbonyl (C=O) groups is 1. The number of hydrogen-bond donors (Lipinski definition) is 1. The van der Waals surface area contributed by atoms with Crippen molar-refractivity contribution >= 4 is 17.3 Å². The van der Waals surface area contributed by atoms with Crippen molar-refractivity contribution in [2.24, 2.45) is 5.16 Å². The second-order valence-electron chi connectivity index (χ2n) is 6.84. The van der Waals surface area contributed by atoms with Crippen LogP contribution in [-0.4, -0.2) is 49.6 Å². The van der Waals surface area contributed by atoms with Crippen molar-refractivity contribution in [2.45, 2.75) is 37.4 Å². The molecule has 1 aromatic carbocycles. The summed E-state index contributed by atoms with van der Waals surface area (Å²) in [5.74, 6) is -0.125. The van der Waals surface area contributed by atoms with Crippen molar-refractivity contribution in [1.29, 1.82) is 0 Å². The van der Waals surface area contributed by atoms with Gasteiger partial charge in [-0.05, 0) is 25.0 Å². The Hall–Kier alpha value is -2.08. The number of nitrogens with one attached hydrogen (secondary N) is 1. The molecule has 3 aliphatic rings. The third-order valence-electron chi connectivity index (χ3n) is 5.05. The lowest BCUT2D eigenvalue weighted by atomic mass is 9.96. The largest absolute Gasteiger partial charge is 0.386 e. The maximum atomic E-state index is 12.3. The molecule has 1 aromatic rings. The van der Waals surface area contributed by atoms with Crippen LogP contribution in [0.5, 0.6) is 0 Å². The van der Waals surface area contributed by atoms with Gasteiger partial charge in [0.25, 0.3) is 5.91 Å². The summed E-state index contributed by atoms with van der Waals surface area (Å²) in [6.07, 6.45) is 3.69. The molecular weight excluding hydrogens is 306 g/mol. The van der Waals surface area contributed by atoms with E-state index in [9.17, 15) is 4.79 Å². The quantitative estimate of drug-likeness (QED) is 0.913. The van der Waals surface area contributed by atoms with Crippen LogP contribution in [0.3, 0.4) is 0 Å². The van der Waals surface area contributed by atoms with E-state index in [1.54, 1.807) is 0 Å². The summed E-state index contributed by atoms with van der Waals surface area (Å²) in [6.45, 7) is 3.04. The summed E-state index contributed by atoms with van der Waals surface area (Å²) in [6, 6.07) is 10.3. The van der Waals surface area contributed by atoms with E-state index in [-0.39, 0.29) is 17.6 Å². The van der Waals surface area contributed by atoms with Gasteiger partial charge in [-0.1, -0.05) is 23.4 Å². The number of carbonyl (C=O) groups excluding carboxylic acids is 1. The Morgan fingerprint density at radius 2 is 2.25 bits per heavy atom. The minimum absolute atomic E-state index is 0.125. The molecule has 24 heavy (non-hydrogen) atoms. The van der Waals surface area contributed by atoms with Crippen LogP contribution in [0.4, 0.5) is 5.69 Å². The number of amides is 1. The lowest BCUT2D eigenvalue weighted by molar-refractivity contribution is -0.115. The second-order valence-corrected chi connectivity index (χ2v) is 6.84. The molecule has 2 fully saturated rings. The predicted molar refractivity (Wildman–Crippen MR) is 91.1 cm³/mol. The highest BCUT2D eigenvalue weighted by molar-refractivity contribution is 6.39. The summed E-state index contributed by atoms with van der Waals surface area (Å²) in [4.78, 5) is 20.3. The van der Waals surface area contributed by atoms with Gasteiger partial charge in [-0.25, -0.2) is 0 Å². The third-order valence-corrected chi connectivity index (χ3v) is 5.05. The van der Waals surface area contributed by atoms with Crippen LogP contribution in [-0.2, 0) is 14.4 Å². The van der Waals surface area contributed by atoms with Crippen LogP contribution in [0.2, 0.25) is 0 Å². The summed E-state index contributed by atoms with van der Waals surface area (Å²) < 4.78 is 5.53. The molecule has 0 unspecified atom stereocenters. The van der Waals surface area contributed by atoms with Crippen molar-refractivity contribution in [1.82, 2.24) is 5.32 Å². The zero-order valence-corrected chi connectivity index (χ0v) is 13.7. The maximum absolute atomic E-state index is 12.3. The number of nitrogens with zero attached hydrogens (tertiary/aromatic N) is 2. The van der Waals surface area contributed by atoms with Gasteiger partial charge in [0.05, 0.1) is 12.6 Å². The maximum Gasteiger partial charge on any atom is 0.269 e. The average Bonchev–Trinajstić information content (AvgIpc) is 3.36. The molecule has 0 aliphatic carbocycles.